The summed E-state index contributed by atoms with van der Waals surface area (Å²) >= 11 is 0. The highest BCUT2D eigenvalue weighted by Crippen LogP contribution is 2.29. The van der Waals surface area contributed by atoms with Crippen molar-refractivity contribution in [3.8, 4) is 23.2 Å². The van der Waals surface area contributed by atoms with E-state index in [0.29, 0.717) is 11.1 Å². The number of rotatable bonds is 5. The molecule has 6 nitrogen and oxygen atoms in total. The lowest BCUT2D eigenvalue weighted by Gasteiger charge is -2.27. The fourth-order valence-electron chi connectivity index (χ4n) is 3.16. The SMILES string of the molecule is N#Cc1ccc(-c2cnc(OC3CCC(CC(=O)O)CC3)nc2)cc1F. The maximum Gasteiger partial charge on any atom is 0.316 e. The number of aliphatic carboxylic acids is 1. The van der Waals surface area contributed by atoms with Crippen molar-refractivity contribution in [3.05, 3.63) is 42.0 Å². The van der Waals surface area contributed by atoms with E-state index in [4.69, 9.17) is 15.1 Å². The summed E-state index contributed by atoms with van der Waals surface area (Å²) in [5.41, 5.74) is 1.21. The van der Waals surface area contributed by atoms with Gasteiger partial charge in [0.1, 0.15) is 18.0 Å². The first-order chi connectivity index (χ1) is 12.5. The molecule has 134 valence electrons. The first kappa shape index (κ1) is 17.8. The fourth-order valence-corrected chi connectivity index (χ4v) is 3.16. The van der Waals surface area contributed by atoms with Crippen LogP contribution in [0.3, 0.4) is 0 Å². The summed E-state index contributed by atoms with van der Waals surface area (Å²) in [6.07, 6.45) is 6.50. The van der Waals surface area contributed by atoms with Gasteiger partial charge in [0.05, 0.1) is 5.56 Å². The summed E-state index contributed by atoms with van der Waals surface area (Å²) < 4.78 is 19.5. The topological polar surface area (TPSA) is 96.1 Å². The molecule has 26 heavy (non-hydrogen) atoms. The molecule has 1 saturated carbocycles. The summed E-state index contributed by atoms with van der Waals surface area (Å²) in [4.78, 5) is 19.1. The van der Waals surface area contributed by atoms with Crippen molar-refractivity contribution in [1.82, 2.24) is 9.97 Å². The van der Waals surface area contributed by atoms with E-state index in [1.807, 2.05) is 0 Å². The molecule has 1 aliphatic carbocycles. The zero-order valence-electron chi connectivity index (χ0n) is 14.1. The Kier molecular flexibility index (Phi) is 5.42. The van der Waals surface area contributed by atoms with Gasteiger partial charge >= 0.3 is 12.0 Å². The third-order valence-corrected chi connectivity index (χ3v) is 4.58. The largest absolute Gasteiger partial charge is 0.481 e. The lowest BCUT2D eigenvalue weighted by Crippen LogP contribution is -2.25. The zero-order chi connectivity index (χ0) is 18.5. The maximum absolute atomic E-state index is 13.7. The molecule has 0 spiro atoms. The molecule has 1 aromatic heterocycles. The van der Waals surface area contributed by atoms with E-state index in [1.165, 1.54) is 12.1 Å². The van der Waals surface area contributed by atoms with Crippen LogP contribution in [0.4, 0.5) is 4.39 Å². The second-order valence-electron chi connectivity index (χ2n) is 6.42. The van der Waals surface area contributed by atoms with Crippen LogP contribution in [-0.2, 0) is 4.79 Å². The predicted molar refractivity (Wildman–Crippen MR) is 90.8 cm³/mol. The van der Waals surface area contributed by atoms with Crippen LogP contribution < -0.4 is 4.74 Å². The minimum atomic E-state index is -0.757. The average molecular weight is 355 g/mol. The number of halogens is 1. The molecule has 1 heterocycles. The van der Waals surface area contributed by atoms with Crippen molar-refractivity contribution in [3.63, 3.8) is 0 Å². The molecule has 2 aromatic rings. The molecule has 0 saturated heterocycles. The zero-order valence-corrected chi connectivity index (χ0v) is 14.1. The molecule has 0 unspecified atom stereocenters. The van der Waals surface area contributed by atoms with Gasteiger partial charge in [0.2, 0.25) is 0 Å². The molecule has 1 fully saturated rings. The van der Waals surface area contributed by atoms with E-state index >= 15 is 0 Å². The smallest absolute Gasteiger partial charge is 0.316 e. The van der Waals surface area contributed by atoms with Gasteiger partial charge < -0.3 is 9.84 Å². The number of aromatic nitrogens is 2. The number of hydrogen-bond acceptors (Lipinski definition) is 5. The summed E-state index contributed by atoms with van der Waals surface area (Å²) in [5.74, 6) is -1.13. The Hall–Kier alpha value is -3.01. The molecule has 1 aliphatic rings. The second kappa shape index (κ2) is 7.91. The van der Waals surface area contributed by atoms with Gasteiger partial charge in [-0.25, -0.2) is 14.4 Å². The van der Waals surface area contributed by atoms with Crippen LogP contribution in [-0.4, -0.2) is 27.1 Å². The summed E-state index contributed by atoms with van der Waals surface area (Å²) in [5, 5.41) is 17.6. The molecule has 3 rings (SSSR count). The molecular weight excluding hydrogens is 337 g/mol. The number of carboxylic acids is 1. The molecule has 0 amide bonds. The number of nitriles is 1. The van der Waals surface area contributed by atoms with Crippen molar-refractivity contribution < 1.29 is 19.0 Å². The van der Waals surface area contributed by atoms with E-state index in [1.54, 1.807) is 24.5 Å². The summed E-state index contributed by atoms with van der Waals surface area (Å²) in [6.45, 7) is 0. The number of hydrogen-bond donors (Lipinski definition) is 1. The van der Waals surface area contributed by atoms with Crippen molar-refractivity contribution >= 4 is 5.97 Å². The van der Waals surface area contributed by atoms with Crippen LogP contribution in [0.2, 0.25) is 0 Å². The number of benzene rings is 1. The Morgan fingerprint density at radius 1 is 1.23 bits per heavy atom. The van der Waals surface area contributed by atoms with Crippen LogP contribution >= 0.6 is 0 Å². The standard InChI is InChI=1S/C19H18FN3O3/c20-17-8-13(3-4-14(17)9-21)15-10-22-19(23-11-15)26-16-5-1-12(2-6-16)7-18(24)25/h3-4,8,10-12,16H,1-2,5-7H2,(H,24,25). The Bertz CT molecular complexity index is 825. The molecular formula is C19H18FN3O3. The van der Waals surface area contributed by atoms with Crippen LogP contribution in [0.5, 0.6) is 6.01 Å². The van der Waals surface area contributed by atoms with E-state index in [2.05, 4.69) is 9.97 Å². The summed E-state index contributed by atoms with van der Waals surface area (Å²) in [7, 11) is 0. The highest BCUT2D eigenvalue weighted by Gasteiger charge is 2.24. The van der Waals surface area contributed by atoms with Gasteiger partial charge in [0.15, 0.2) is 0 Å². The Balaban J connectivity index is 1.59. The van der Waals surface area contributed by atoms with Gasteiger partial charge in [-0.2, -0.15) is 5.26 Å². The average Bonchev–Trinajstić information content (AvgIpc) is 2.63. The fraction of sp³-hybridized carbons (Fsp3) is 0.368. The third-order valence-electron chi connectivity index (χ3n) is 4.58. The second-order valence-corrected chi connectivity index (χ2v) is 6.42. The van der Waals surface area contributed by atoms with E-state index < -0.39 is 11.8 Å². The predicted octanol–water partition coefficient (Wildman–Crippen LogP) is 3.57. The van der Waals surface area contributed by atoms with E-state index in [-0.39, 0.29) is 30.0 Å². The highest BCUT2D eigenvalue weighted by atomic mass is 19.1. The van der Waals surface area contributed by atoms with E-state index in [0.717, 1.165) is 25.7 Å². The minimum absolute atomic E-state index is 0.00637. The molecule has 0 bridgehead atoms. The number of carbonyl (C=O) groups is 1. The Morgan fingerprint density at radius 2 is 1.92 bits per heavy atom. The maximum atomic E-state index is 13.7. The van der Waals surface area contributed by atoms with Crippen molar-refractivity contribution in [2.75, 3.05) is 0 Å². The highest BCUT2D eigenvalue weighted by molar-refractivity contribution is 5.67. The quantitative estimate of drug-likeness (QED) is 0.881. The third kappa shape index (κ3) is 4.33. The molecule has 7 heteroatoms. The number of nitrogens with zero attached hydrogens (tertiary/aromatic N) is 3. The van der Waals surface area contributed by atoms with Gasteiger partial charge in [0.25, 0.3) is 0 Å². The van der Waals surface area contributed by atoms with E-state index in [9.17, 15) is 9.18 Å². The van der Waals surface area contributed by atoms with Crippen molar-refractivity contribution in [1.29, 1.82) is 5.26 Å². The Labute approximate surface area is 150 Å². The minimum Gasteiger partial charge on any atom is -0.481 e. The van der Waals surface area contributed by atoms with Crippen LogP contribution in [0.15, 0.2) is 30.6 Å². The lowest BCUT2D eigenvalue weighted by atomic mass is 9.85. The first-order valence-corrected chi connectivity index (χ1v) is 8.45. The van der Waals surface area contributed by atoms with Crippen molar-refractivity contribution in [2.24, 2.45) is 5.92 Å². The van der Waals surface area contributed by atoms with Crippen LogP contribution in [0, 0.1) is 23.1 Å². The van der Waals surface area contributed by atoms with Crippen molar-refractivity contribution in [2.45, 2.75) is 38.2 Å². The van der Waals surface area contributed by atoms with Crippen LogP contribution in [0.25, 0.3) is 11.1 Å². The van der Waals surface area contributed by atoms with Gasteiger partial charge in [-0.05, 0) is 49.3 Å². The Morgan fingerprint density at radius 3 is 2.50 bits per heavy atom. The molecule has 1 aromatic carbocycles. The van der Waals surface area contributed by atoms with Gasteiger partial charge in [-0.3, -0.25) is 4.79 Å². The normalized spacial score (nSPS) is 19.5. The number of ether oxygens (including phenoxy) is 1. The molecule has 0 atom stereocenters. The molecule has 0 aliphatic heterocycles. The van der Waals surface area contributed by atoms with Gasteiger partial charge in [0, 0.05) is 24.4 Å². The van der Waals surface area contributed by atoms with Gasteiger partial charge in [-0.1, -0.05) is 6.07 Å². The monoisotopic (exact) mass is 355 g/mol. The van der Waals surface area contributed by atoms with Gasteiger partial charge in [-0.15, -0.1) is 0 Å². The molecule has 0 radical (unpaired) electrons. The summed E-state index contributed by atoms with van der Waals surface area (Å²) in [6, 6.07) is 6.38. The lowest BCUT2D eigenvalue weighted by molar-refractivity contribution is -0.138. The van der Waals surface area contributed by atoms with Crippen LogP contribution in [0.1, 0.15) is 37.7 Å². The number of carboxylic acid groups (broad SMARTS) is 1. The molecule has 1 N–H and O–H groups in total. The first-order valence-electron chi connectivity index (χ1n) is 8.45.